The first-order chi connectivity index (χ1) is 9.75. The second-order valence-electron chi connectivity index (χ2n) is 5.01. The topological polar surface area (TPSA) is 54.0 Å². The van der Waals surface area contributed by atoms with Crippen molar-refractivity contribution in [3.05, 3.63) is 53.7 Å². The minimum absolute atomic E-state index is 0.0146. The predicted molar refractivity (Wildman–Crippen MR) is 79.9 cm³/mol. The van der Waals surface area contributed by atoms with Gasteiger partial charge in [-0.05, 0) is 36.6 Å². The second kappa shape index (κ2) is 5.33. The number of hydrogen-bond donors (Lipinski definition) is 2. The van der Waals surface area contributed by atoms with Gasteiger partial charge in [-0.1, -0.05) is 24.3 Å². The zero-order valence-electron chi connectivity index (χ0n) is 11.4. The zero-order valence-corrected chi connectivity index (χ0v) is 11.4. The Morgan fingerprint density at radius 3 is 3.00 bits per heavy atom. The van der Waals surface area contributed by atoms with Gasteiger partial charge < -0.3 is 10.6 Å². The molecule has 102 valence electrons. The third kappa shape index (κ3) is 2.37. The molecule has 1 aliphatic heterocycles. The highest BCUT2D eigenvalue weighted by atomic mass is 16.1. The van der Waals surface area contributed by atoms with Gasteiger partial charge in [-0.2, -0.15) is 0 Å². The number of pyridine rings is 1. The minimum atomic E-state index is -0.117. The fourth-order valence-electron chi connectivity index (χ4n) is 2.56. The zero-order chi connectivity index (χ0) is 13.9. The normalized spacial score (nSPS) is 16.9. The maximum atomic E-state index is 12.5. The van der Waals surface area contributed by atoms with Crippen LogP contribution >= 0.6 is 0 Å². The van der Waals surface area contributed by atoms with Crippen LogP contribution in [-0.2, 0) is 4.79 Å². The first kappa shape index (κ1) is 12.7. The fourth-order valence-corrected chi connectivity index (χ4v) is 2.56. The summed E-state index contributed by atoms with van der Waals surface area (Å²) in [5.74, 6) is 0.545. The van der Waals surface area contributed by atoms with Crippen LogP contribution in [0, 0.1) is 6.92 Å². The number of nitrogens with zero attached hydrogens (tertiary/aromatic N) is 1. The molecule has 2 aromatic rings. The number of anilines is 2. The number of benzene rings is 1. The summed E-state index contributed by atoms with van der Waals surface area (Å²) in [5, 5.41) is 6.27. The van der Waals surface area contributed by atoms with Crippen LogP contribution in [0.5, 0.6) is 0 Å². The van der Waals surface area contributed by atoms with Crippen molar-refractivity contribution in [3.63, 3.8) is 0 Å². The lowest BCUT2D eigenvalue weighted by molar-refractivity contribution is -0.117. The van der Waals surface area contributed by atoms with Gasteiger partial charge in [0, 0.05) is 18.4 Å². The number of hydrogen-bond acceptors (Lipinski definition) is 3. The molecular formula is C16H17N3O. The van der Waals surface area contributed by atoms with Crippen molar-refractivity contribution in [2.24, 2.45) is 0 Å². The predicted octanol–water partition coefficient (Wildman–Crippen LogP) is 2.93. The van der Waals surface area contributed by atoms with Crippen LogP contribution in [-0.4, -0.2) is 17.4 Å². The van der Waals surface area contributed by atoms with E-state index in [1.165, 1.54) is 0 Å². The number of rotatable bonds is 2. The van der Waals surface area contributed by atoms with Crippen molar-refractivity contribution in [3.8, 4) is 0 Å². The van der Waals surface area contributed by atoms with E-state index in [4.69, 9.17) is 0 Å². The van der Waals surface area contributed by atoms with Gasteiger partial charge in [-0.3, -0.25) is 4.79 Å². The van der Waals surface area contributed by atoms with Crippen LogP contribution in [0.2, 0.25) is 0 Å². The van der Waals surface area contributed by atoms with Gasteiger partial charge in [-0.25, -0.2) is 4.98 Å². The summed E-state index contributed by atoms with van der Waals surface area (Å²) >= 11 is 0. The Hall–Kier alpha value is -2.36. The SMILES string of the molecule is Cc1cccnc1NC(=O)C1CCNc2ccccc21. The highest BCUT2D eigenvalue weighted by Gasteiger charge is 2.26. The van der Waals surface area contributed by atoms with Crippen LogP contribution in [0.4, 0.5) is 11.5 Å². The molecule has 2 N–H and O–H groups in total. The Bertz CT molecular complexity index is 639. The van der Waals surface area contributed by atoms with Gasteiger partial charge in [-0.15, -0.1) is 0 Å². The molecule has 1 unspecified atom stereocenters. The molecule has 3 rings (SSSR count). The molecule has 0 saturated heterocycles. The smallest absolute Gasteiger partial charge is 0.233 e. The molecule has 4 heteroatoms. The summed E-state index contributed by atoms with van der Waals surface area (Å²) in [4.78, 5) is 16.7. The Morgan fingerprint density at radius 1 is 1.30 bits per heavy atom. The molecule has 0 saturated carbocycles. The number of carbonyl (C=O) groups is 1. The molecule has 1 amide bonds. The molecule has 0 fully saturated rings. The van der Waals surface area contributed by atoms with Crippen LogP contribution in [0.25, 0.3) is 0 Å². The van der Waals surface area contributed by atoms with Crippen LogP contribution in [0.15, 0.2) is 42.6 Å². The van der Waals surface area contributed by atoms with Gasteiger partial charge in [0.05, 0.1) is 5.92 Å². The van der Waals surface area contributed by atoms with E-state index in [1.807, 2.05) is 43.3 Å². The van der Waals surface area contributed by atoms with E-state index >= 15 is 0 Å². The number of para-hydroxylation sites is 1. The molecule has 0 spiro atoms. The third-order valence-corrected chi connectivity index (χ3v) is 3.65. The van der Waals surface area contributed by atoms with Crippen LogP contribution < -0.4 is 10.6 Å². The lowest BCUT2D eigenvalue weighted by Gasteiger charge is -2.25. The van der Waals surface area contributed by atoms with E-state index in [0.29, 0.717) is 5.82 Å². The van der Waals surface area contributed by atoms with Crippen LogP contribution in [0.3, 0.4) is 0 Å². The van der Waals surface area contributed by atoms with Gasteiger partial charge >= 0.3 is 0 Å². The lowest BCUT2D eigenvalue weighted by Crippen LogP contribution is -2.28. The fraction of sp³-hybridized carbons (Fsp3) is 0.250. The number of aromatic nitrogens is 1. The molecule has 1 aromatic carbocycles. The minimum Gasteiger partial charge on any atom is -0.385 e. The lowest BCUT2D eigenvalue weighted by atomic mass is 9.90. The molecule has 20 heavy (non-hydrogen) atoms. The number of fused-ring (bicyclic) bond motifs is 1. The monoisotopic (exact) mass is 267 g/mol. The van der Waals surface area contributed by atoms with Gasteiger partial charge in [0.1, 0.15) is 5.82 Å². The van der Waals surface area contributed by atoms with E-state index in [1.54, 1.807) is 6.20 Å². The number of nitrogens with one attached hydrogen (secondary N) is 2. The highest BCUT2D eigenvalue weighted by molar-refractivity contribution is 5.97. The number of amides is 1. The van der Waals surface area contributed by atoms with Crippen molar-refractivity contribution in [1.82, 2.24) is 4.98 Å². The Kier molecular flexibility index (Phi) is 3.37. The Morgan fingerprint density at radius 2 is 2.15 bits per heavy atom. The summed E-state index contributed by atoms with van der Waals surface area (Å²) in [6, 6.07) is 11.8. The van der Waals surface area contributed by atoms with E-state index in [2.05, 4.69) is 15.6 Å². The summed E-state index contributed by atoms with van der Waals surface area (Å²) in [6.45, 7) is 2.76. The van der Waals surface area contributed by atoms with E-state index in [-0.39, 0.29) is 11.8 Å². The summed E-state index contributed by atoms with van der Waals surface area (Å²) in [7, 11) is 0. The molecule has 0 bridgehead atoms. The summed E-state index contributed by atoms with van der Waals surface area (Å²) in [6.07, 6.45) is 2.49. The molecular weight excluding hydrogens is 250 g/mol. The average molecular weight is 267 g/mol. The van der Waals surface area contributed by atoms with Crippen molar-refractivity contribution >= 4 is 17.4 Å². The van der Waals surface area contributed by atoms with Crippen molar-refractivity contribution in [2.75, 3.05) is 17.2 Å². The van der Waals surface area contributed by atoms with Gasteiger partial charge in [0.2, 0.25) is 5.91 Å². The first-order valence-electron chi connectivity index (χ1n) is 6.81. The Balaban J connectivity index is 1.84. The van der Waals surface area contributed by atoms with Crippen molar-refractivity contribution in [2.45, 2.75) is 19.3 Å². The van der Waals surface area contributed by atoms with Gasteiger partial charge in [0.15, 0.2) is 0 Å². The maximum Gasteiger partial charge on any atom is 0.233 e. The summed E-state index contributed by atoms with van der Waals surface area (Å²) < 4.78 is 0. The molecule has 1 aliphatic rings. The Labute approximate surface area is 118 Å². The molecule has 2 heterocycles. The number of carbonyl (C=O) groups excluding carboxylic acids is 1. The largest absolute Gasteiger partial charge is 0.385 e. The summed E-state index contributed by atoms with van der Waals surface area (Å²) in [5.41, 5.74) is 3.09. The first-order valence-corrected chi connectivity index (χ1v) is 6.81. The van der Waals surface area contributed by atoms with Gasteiger partial charge in [0.25, 0.3) is 0 Å². The maximum absolute atomic E-state index is 12.5. The molecule has 1 aromatic heterocycles. The van der Waals surface area contributed by atoms with Crippen molar-refractivity contribution in [1.29, 1.82) is 0 Å². The van der Waals surface area contributed by atoms with Crippen molar-refractivity contribution < 1.29 is 4.79 Å². The third-order valence-electron chi connectivity index (χ3n) is 3.65. The highest BCUT2D eigenvalue weighted by Crippen LogP contribution is 2.32. The standard InChI is InChI=1S/C16H17N3O/c1-11-5-4-9-18-15(11)19-16(20)13-8-10-17-14-7-3-2-6-12(13)14/h2-7,9,13,17H,8,10H2,1H3,(H,18,19,20). The number of aryl methyl sites for hydroxylation is 1. The van der Waals surface area contributed by atoms with E-state index < -0.39 is 0 Å². The van der Waals surface area contributed by atoms with E-state index in [0.717, 1.165) is 29.8 Å². The van der Waals surface area contributed by atoms with E-state index in [9.17, 15) is 4.79 Å². The second-order valence-corrected chi connectivity index (χ2v) is 5.01. The quantitative estimate of drug-likeness (QED) is 0.879. The molecule has 1 atom stereocenters. The molecule has 4 nitrogen and oxygen atoms in total. The molecule has 0 aliphatic carbocycles. The van der Waals surface area contributed by atoms with Crippen LogP contribution in [0.1, 0.15) is 23.5 Å². The average Bonchev–Trinajstić information content (AvgIpc) is 2.49. The molecule has 0 radical (unpaired) electrons.